The van der Waals surface area contributed by atoms with Crippen molar-refractivity contribution in [3.8, 4) is 23.0 Å². The Morgan fingerprint density at radius 1 is 0.667 bits per heavy atom. The topological polar surface area (TPSA) is 117 Å². The molecule has 0 fully saturated rings. The van der Waals surface area contributed by atoms with Gasteiger partial charge in [0.2, 0.25) is 0 Å². The zero-order valence-electron chi connectivity index (χ0n) is 15.4. The van der Waals surface area contributed by atoms with Crippen LogP contribution in [0.15, 0.2) is 36.4 Å². The maximum atomic E-state index is 10.5. The van der Waals surface area contributed by atoms with Crippen LogP contribution in [0.3, 0.4) is 0 Å². The van der Waals surface area contributed by atoms with E-state index in [2.05, 4.69) is 0 Å². The van der Waals surface area contributed by atoms with Crippen molar-refractivity contribution in [3.05, 3.63) is 47.5 Å². The number of hydrogen-bond acceptors (Lipinski definition) is 8. The third kappa shape index (κ3) is 6.79. The standard InChI is InChI=1S/2C9H10O4.Zn/c2*1-12-6-3-4-7(9(10)11)8(5-6)13-2;/h2*3-5H,1-2H3,(H,10,11);/q;;+2/p-2. The molecular formula is C18H18O8Zn. The first-order valence-electron chi connectivity index (χ1n) is 7.24. The molecule has 0 aliphatic carbocycles. The Labute approximate surface area is 169 Å². The van der Waals surface area contributed by atoms with E-state index in [1.165, 1.54) is 64.8 Å². The molecule has 0 bridgehead atoms. The Morgan fingerprint density at radius 2 is 1.00 bits per heavy atom. The number of benzene rings is 2. The number of methoxy groups -OCH3 is 4. The van der Waals surface area contributed by atoms with Crippen LogP contribution in [0, 0.1) is 0 Å². The summed E-state index contributed by atoms with van der Waals surface area (Å²) in [6.45, 7) is 0. The van der Waals surface area contributed by atoms with Crippen molar-refractivity contribution in [1.82, 2.24) is 0 Å². The Bertz CT molecular complexity index is 710. The minimum absolute atomic E-state index is 0. The molecule has 0 atom stereocenters. The van der Waals surface area contributed by atoms with Gasteiger partial charge in [-0.25, -0.2) is 0 Å². The minimum atomic E-state index is -1.26. The molecule has 0 heterocycles. The summed E-state index contributed by atoms with van der Waals surface area (Å²) in [6, 6.07) is 8.82. The summed E-state index contributed by atoms with van der Waals surface area (Å²) in [5.41, 5.74) is 0.0339. The number of carboxylic acids is 2. The molecule has 0 unspecified atom stereocenters. The van der Waals surface area contributed by atoms with Gasteiger partial charge in [0.1, 0.15) is 23.0 Å². The molecular weight excluding hydrogens is 410 g/mol. The molecule has 0 radical (unpaired) electrons. The van der Waals surface area contributed by atoms with Gasteiger partial charge in [0.25, 0.3) is 0 Å². The summed E-state index contributed by atoms with van der Waals surface area (Å²) in [5, 5.41) is 21.1. The average Bonchev–Trinajstić information content (AvgIpc) is 2.66. The summed E-state index contributed by atoms with van der Waals surface area (Å²) in [5.74, 6) is -0.971. The number of carbonyl (C=O) groups is 2. The summed E-state index contributed by atoms with van der Waals surface area (Å²) in [6.07, 6.45) is 0. The Kier molecular flexibility index (Phi) is 10.5. The van der Waals surface area contributed by atoms with Crippen LogP contribution in [-0.4, -0.2) is 40.4 Å². The first kappa shape index (κ1) is 24.2. The van der Waals surface area contributed by atoms with Gasteiger partial charge in [-0.1, -0.05) is 0 Å². The van der Waals surface area contributed by atoms with E-state index in [9.17, 15) is 19.8 Å². The van der Waals surface area contributed by atoms with E-state index in [4.69, 9.17) is 18.9 Å². The summed E-state index contributed by atoms with van der Waals surface area (Å²) < 4.78 is 19.5. The molecule has 27 heavy (non-hydrogen) atoms. The van der Waals surface area contributed by atoms with Gasteiger partial charge < -0.3 is 38.7 Å². The van der Waals surface area contributed by atoms with E-state index >= 15 is 0 Å². The molecule has 0 spiro atoms. The van der Waals surface area contributed by atoms with Crippen molar-refractivity contribution in [3.63, 3.8) is 0 Å². The van der Waals surface area contributed by atoms with Crippen molar-refractivity contribution in [2.24, 2.45) is 0 Å². The Balaban J connectivity index is 0.000000483. The summed E-state index contributed by atoms with van der Waals surface area (Å²) in [7, 11) is 5.77. The van der Waals surface area contributed by atoms with Crippen molar-refractivity contribution >= 4 is 11.9 Å². The number of aromatic carboxylic acids is 2. The fraction of sp³-hybridized carbons (Fsp3) is 0.222. The Hall–Kier alpha value is -2.80. The van der Waals surface area contributed by atoms with Crippen LogP contribution in [0.25, 0.3) is 0 Å². The maximum Gasteiger partial charge on any atom is 2.00 e. The molecule has 0 aliphatic rings. The van der Waals surface area contributed by atoms with Gasteiger partial charge in [-0.2, -0.15) is 0 Å². The second-order valence-electron chi connectivity index (χ2n) is 4.71. The van der Waals surface area contributed by atoms with Crippen LogP contribution in [0.1, 0.15) is 20.7 Å². The molecule has 2 aromatic rings. The smallest absolute Gasteiger partial charge is 0.545 e. The molecule has 0 amide bonds. The van der Waals surface area contributed by atoms with Crippen LogP contribution < -0.4 is 29.2 Å². The quantitative estimate of drug-likeness (QED) is 0.597. The van der Waals surface area contributed by atoms with Gasteiger partial charge in [-0.3, -0.25) is 0 Å². The number of ether oxygens (including phenoxy) is 4. The largest absolute Gasteiger partial charge is 2.00 e. The zero-order valence-corrected chi connectivity index (χ0v) is 18.4. The van der Waals surface area contributed by atoms with Gasteiger partial charge in [0, 0.05) is 23.3 Å². The van der Waals surface area contributed by atoms with Gasteiger partial charge in [-0.15, -0.1) is 0 Å². The molecule has 0 aliphatic heterocycles. The fourth-order valence-corrected chi connectivity index (χ4v) is 1.93. The molecule has 0 N–H and O–H groups in total. The molecule has 140 valence electrons. The molecule has 0 aromatic heterocycles. The van der Waals surface area contributed by atoms with E-state index in [1.807, 2.05) is 0 Å². The molecule has 0 saturated heterocycles. The number of rotatable bonds is 6. The normalized spacial score (nSPS) is 9.04. The van der Waals surface area contributed by atoms with E-state index in [0.29, 0.717) is 11.5 Å². The zero-order chi connectivity index (χ0) is 19.7. The van der Waals surface area contributed by atoms with Crippen LogP contribution in [-0.2, 0) is 19.5 Å². The van der Waals surface area contributed by atoms with Crippen molar-refractivity contribution in [2.45, 2.75) is 0 Å². The van der Waals surface area contributed by atoms with E-state index in [1.54, 1.807) is 0 Å². The first-order chi connectivity index (χ1) is 12.4. The second-order valence-corrected chi connectivity index (χ2v) is 4.71. The van der Waals surface area contributed by atoms with Crippen LogP contribution in [0.4, 0.5) is 0 Å². The second kappa shape index (κ2) is 11.7. The van der Waals surface area contributed by atoms with E-state index in [-0.39, 0.29) is 42.1 Å². The fourth-order valence-electron chi connectivity index (χ4n) is 1.93. The van der Waals surface area contributed by atoms with Gasteiger partial charge in [0.05, 0.1) is 40.4 Å². The van der Waals surface area contributed by atoms with Crippen molar-refractivity contribution < 1.29 is 58.2 Å². The van der Waals surface area contributed by atoms with Gasteiger partial charge in [0.15, 0.2) is 0 Å². The SMILES string of the molecule is COc1ccc(C(=O)[O-])c(OC)c1.COc1ccc(C(=O)[O-])c(OC)c1.[Zn+2]. The first-order valence-corrected chi connectivity index (χ1v) is 7.24. The van der Waals surface area contributed by atoms with Crippen LogP contribution >= 0.6 is 0 Å². The molecule has 9 heteroatoms. The monoisotopic (exact) mass is 426 g/mol. The van der Waals surface area contributed by atoms with Crippen molar-refractivity contribution in [1.29, 1.82) is 0 Å². The number of hydrogen-bond donors (Lipinski definition) is 0. The predicted octanol–water partition coefficient (Wildman–Crippen LogP) is 0.132. The molecule has 0 saturated carbocycles. The third-order valence-corrected chi connectivity index (χ3v) is 3.26. The minimum Gasteiger partial charge on any atom is -0.545 e. The summed E-state index contributed by atoms with van der Waals surface area (Å²) >= 11 is 0. The molecule has 8 nitrogen and oxygen atoms in total. The number of carbonyl (C=O) groups excluding carboxylic acids is 2. The summed E-state index contributed by atoms with van der Waals surface area (Å²) in [4.78, 5) is 21.1. The predicted molar refractivity (Wildman–Crippen MR) is 87.8 cm³/mol. The number of carboxylic acid groups (broad SMARTS) is 2. The van der Waals surface area contributed by atoms with Crippen LogP contribution in [0.5, 0.6) is 23.0 Å². The third-order valence-electron chi connectivity index (χ3n) is 3.26. The van der Waals surface area contributed by atoms with Gasteiger partial charge >= 0.3 is 19.5 Å². The van der Waals surface area contributed by atoms with E-state index < -0.39 is 11.9 Å². The Morgan fingerprint density at radius 3 is 1.22 bits per heavy atom. The average molecular weight is 428 g/mol. The van der Waals surface area contributed by atoms with E-state index in [0.717, 1.165) is 0 Å². The van der Waals surface area contributed by atoms with Gasteiger partial charge in [-0.05, 0) is 24.3 Å². The van der Waals surface area contributed by atoms with Crippen LogP contribution in [0.2, 0.25) is 0 Å². The molecule has 2 aromatic carbocycles. The maximum absolute atomic E-state index is 10.5. The molecule has 2 rings (SSSR count). The van der Waals surface area contributed by atoms with Crippen molar-refractivity contribution in [2.75, 3.05) is 28.4 Å².